The highest BCUT2D eigenvalue weighted by molar-refractivity contribution is 6.42. The van der Waals surface area contributed by atoms with Crippen LogP contribution in [0.5, 0.6) is 0 Å². The number of carbonyl (C=O) groups is 3. The van der Waals surface area contributed by atoms with Crippen molar-refractivity contribution in [3.05, 3.63) is 74.7 Å². The van der Waals surface area contributed by atoms with Crippen LogP contribution in [0, 0.1) is 0 Å². The Balaban J connectivity index is 1.71. The summed E-state index contributed by atoms with van der Waals surface area (Å²) in [5.74, 6) is -1.93. The average Bonchev–Trinajstić information content (AvgIpc) is 3.12. The fraction of sp³-hybridized carbons (Fsp3) is 0. The van der Waals surface area contributed by atoms with Gasteiger partial charge in [0, 0.05) is 16.4 Å². The zero-order chi connectivity index (χ0) is 21.1. The predicted molar refractivity (Wildman–Crippen MR) is 111 cm³/mol. The van der Waals surface area contributed by atoms with Gasteiger partial charge in [-0.05, 0) is 36.4 Å². The largest absolute Gasteiger partial charge is 0.364 e. The van der Waals surface area contributed by atoms with Crippen molar-refractivity contribution in [2.45, 2.75) is 0 Å². The number of aromatic amines is 1. The first-order chi connectivity index (χ1) is 13.8. The van der Waals surface area contributed by atoms with Gasteiger partial charge in [-0.3, -0.25) is 14.4 Å². The van der Waals surface area contributed by atoms with Crippen molar-refractivity contribution in [3.8, 4) is 0 Å². The average molecular weight is 453 g/mol. The van der Waals surface area contributed by atoms with Gasteiger partial charge in [0.1, 0.15) is 5.69 Å². The van der Waals surface area contributed by atoms with Crippen LogP contribution in [0.2, 0.25) is 15.1 Å². The maximum absolute atomic E-state index is 12.4. The first kappa shape index (κ1) is 20.7. The van der Waals surface area contributed by atoms with Crippen LogP contribution in [0.4, 0.5) is 11.4 Å². The van der Waals surface area contributed by atoms with Gasteiger partial charge < -0.3 is 21.4 Å². The zero-order valence-corrected chi connectivity index (χ0v) is 16.7. The van der Waals surface area contributed by atoms with Crippen LogP contribution in [-0.2, 0) is 0 Å². The van der Waals surface area contributed by atoms with E-state index in [1.165, 1.54) is 18.5 Å². The number of amides is 3. The maximum Gasteiger partial charge on any atom is 0.274 e. The molecule has 0 saturated carbocycles. The first-order valence-electron chi connectivity index (χ1n) is 7.96. The number of nitrogens with one attached hydrogen (secondary N) is 3. The molecule has 0 aliphatic carbocycles. The van der Waals surface area contributed by atoms with E-state index < -0.39 is 17.7 Å². The summed E-state index contributed by atoms with van der Waals surface area (Å²) in [6, 6.07) is 9.06. The lowest BCUT2D eigenvalue weighted by Crippen LogP contribution is -2.20. The molecule has 0 radical (unpaired) electrons. The molecule has 0 saturated heterocycles. The van der Waals surface area contributed by atoms with Crippen LogP contribution in [0.15, 0.2) is 42.7 Å². The topological polar surface area (TPSA) is 130 Å². The molecule has 0 spiro atoms. The van der Waals surface area contributed by atoms with E-state index in [1.54, 1.807) is 24.3 Å². The lowest BCUT2D eigenvalue weighted by molar-refractivity contribution is 0.0972. The Hall–Kier alpha value is -3.07. The summed E-state index contributed by atoms with van der Waals surface area (Å²) in [6.45, 7) is 0. The molecule has 3 rings (SSSR count). The van der Waals surface area contributed by atoms with E-state index in [2.05, 4.69) is 20.6 Å². The Morgan fingerprint density at radius 3 is 1.93 bits per heavy atom. The van der Waals surface area contributed by atoms with E-state index in [0.717, 1.165) is 0 Å². The van der Waals surface area contributed by atoms with Crippen molar-refractivity contribution in [2.75, 3.05) is 10.6 Å². The number of hydrogen-bond acceptors (Lipinski definition) is 4. The number of halogens is 3. The summed E-state index contributed by atoms with van der Waals surface area (Å²) in [5.41, 5.74) is 5.90. The van der Waals surface area contributed by atoms with E-state index in [-0.39, 0.29) is 27.0 Å². The smallest absolute Gasteiger partial charge is 0.274 e. The van der Waals surface area contributed by atoms with Crippen LogP contribution in [0.3, 0.4) is 0 Å². The van der Waals surface area contributed by atoms with Crippen molar-refractivity contribution in [2.24, 2.45) is 5.73 Å². The molecular weight excluding hydrogens is 441 g/mol. The maximum atomic E-state index is 12.4. The molecule has 0 bridgehead atoms. The molecule has 148 valence electrons. The van der Waals surface area contributed by atoms with Crippen molar-refractivity contribution in [1.29, 1.82) is 0 Å². The molecular formula is C18H12Cl3N5O3. The highest BCUT2D eigenvalue weighted by atomic mass is 35.5. The molecule has 5 N–H and O–H groups in total. The minimum Gasteiger partial charge on any atom is -0.364 e. The molecule has 8 nitrogen and oxygen atoms in total. The molecule has 11 heteroatoms. The number of imidazole rings is 1. The first-order valence-corrected chi connectivity index (χ1v) is 9.10. The number of H-pyrrole nitrogens is 1. The Kier molecular flexibility index (Phi) is 6.07. The summed E-state index contributed by atoms with van der Waals surface area (Å²) in [7, 11) is 0. The summed E-state index contributed by atoms with van der Waals surface area (Å²) >= 11 is 17.9. The van der Waals surface area contributed by atoms with Gasteiger partial charge in [-0.25, -0.2) is 4.98 Å². The third-order valence-electron chi connectivity index (χ3n) is 3.73. The molecule has 1 heterocycles. The lowest BCUT2D eigenvalue weighted by atomic mass is 10.2. The van der Waals surface area contributed by atoms with Gasteiger partial charge in [0.2, 0.25) is 0 Å². The summed E-state index contributed by atoms with van der Waals surface area (Å²) in [5, 5.41) is 5.79. The number of primary amides is 1. The number of nitrogens with zero attached hydrogens (tertiary/aromatic N) is 1. The highest BCUT2D eigenvalue weighted by Gasteiger charge is 2.19. The molecule has 2 aromatic carbocycles. The molecule has 3 amide bonds. The van der Waals surface area contributed by atoms with Crippen LogP contribution >= 0.6 is 34.8 Å². The number of carbonyl (C=O) groups excluding carboxylic acids is 3. The summed E-state index contributed by atoms with van der Waals surface area (Å²) in [4.78, 5) is 42.2. The third-order valence-corrected chi connectivity index (χ3v) is 4.55. The van der Waals surface area contributed by atoms with E-state index in [1.807, 2.05) is 0 Å². The number of benzene rings is 2. The fourth-order valence-electron chi connectivity index (χ4n) is 2.44. The van der Waals surface area contributed by atoms with Crippen LogP contribution in [-0.4, -0.2) is 27.7 Å². The molecule has 29 heavy (non-hydrogen) atoms. The minimum absolute atomic E-state index is 0.0538. The lowest BCUT2D eigenvalue weighted by Gasteiger charge is -2.10. The molecule has 0 atom stereocenters. The molecule has 0 unspecified atom stereocenters. The van der Waals surface area contributed by atoms with Gasteiger partial charge in [-0.1, -0.05) is 34.8 Å². The second kappa shape index (κ2) is 8.52. The monoisotopic (exact) mass is 451 g/mol. The van der Waals surface area contributed by atoms with Gasteiger partial charge in [-0.15, -0.1) is 0 Å². The van der Waals surface area contributed by atoms with E-state index in [9.17, 15) is 14.4 Å². The van der Waals surface area contributed by atoms with Crippen molar-refractivity contribution >= 4 is 63.9 Å². The minimum atomic E-state index is -0.825. The van der Waals surface area contributed by atoms with Gasteiger partial charge in [-0.2, -0.15) is 0 Å². The molecule has 1 aromatic heterocycles. The third kappa shape index (κ3) is 4.68. The quantitative estimate of drug-likeness (QED) is 0.466. The Morgan fingerprint density at radius 1 is 0.897 bits per heavy atom. The van der Waals surface area contributed by atoms with Gasteiger partial charge in [0.15, 0.2) is 5.69 Å². The van der Waals surface area contributed by atoms with Crippen molar-refractivity contribution in [3.63, 3.8) is 0 Å². The second-order valence-corrected chi connectivity index (χ2v) is 6.97. The molecule has 3 aromatic rings. The van der Waals surface area contributed by atoms with Crippen LogP contribution < -0.4 is 16.4 Å². The van der Waals surface area contributed by atoms with E-state index in [4.69, 9.17) is 40.5 Å². The van der Waals surface area contributed by atoms with Gasteiger partial charge in [0.25, 0.3) is 17.7 Å². The van der Waals surface area contributed by atoms with Crippen LogP contribution in [0.1, 0.15) is 31.3 Å². The summed E-state index contributed by atoms with van der Waals surface area (Å²) in [6.07, 6.45) is 1.20. The highest BCUT2D eigenvalue weighted by Crippen LogP contribution is 2.29. The second-order valence-electron chi connectivity index (χ2n) is 5.72. The van der Waals surface area contributed by atoms with Gasteiger partial charge in [0.05, 0.1) is 21.9 Å². The SMILES string of the molecule is NC(=O)c1nc[nH]c1C(=O)Nc1ccc(NC(=O)c2c(Cl)cc(Cl)cc2Cl)cc1. The number of aromatic nitrogens is 2. The zero-order valence-electron chi connectivity index (χ0n) is 14.4. The number of rotatable bonds is 5. The number of hydrogen-bond donors (Lipinski definition) is 4. The Labute approximate surface area is 179 Å². The normalized spacial score (nSPS) is 10.4. The fourth-order valence-corrected chi connectivity index (χ4v) is 3.43. The number of anilines is 2. The van der Waals surface area contributed by atoms with E-state index >= 15 is 0 Å². The standard InChI is InChI=1S/C18H12Cl3N5O3/c19-8-5-11(20)13(12(21)6-8)17(28)25-9-1-3-10(4-2-9)26-18(29)15-14(16(22)27)23-7-24-15/h1-7H,(H2,22,27)(H,23,24)(H,25,28)(H,26,29). The van der Waals surface area contributed by atoms with Crippen molar-refractivity contribution < 1.29 is 14.4 Å². The Bertz CT molecular complexity index is 1090. The molecule has 0 aliphatic rings. The van der Waals surface area contributed by atoms with Crippen LogP contribution in [0.25, 0.3) is 0 Å². The molecule has 0 aliphatic heterocycles. The van der Waals surface area contributed by atoms with E-state index in [0.29, 0.717) is 16.4 Å². The number of nitrogens with two attached hydrogens (primary N) is 1. The van der Waals surface area contributed by atoms with Crippen molar-refractivity contribution in [1.82, 2.24) is 9.97 Å². The Morgan fingerprint density at radius 2 is 1.41 bits per heavy atom. The van der Waals surface area contributed by atoms with Gasteiger partial charge >= 0.3 is 0 Å². The summed E-state index contributed by atoms with van der Waals surface area (Å²) < 4.78 is 0. The molecule has 0 fully saturated rings. The predicted octanol–water partition coefficient (Wildman–Crippen LogP) is 3.97.